The number of hydrogen-bond donors (Lipinski definition) is 1. The van der Waals surface area contributed by atoms with Crippen molar-refractivity contribution >= 4 is 22.8 Å². The number of alkyl halides is 3. The first-order chi connectivity index (χ1) is 15.3. The smallest absolute Gasteiger partial charge is 0.432 e. The molecule has 7 heteroatoms. The second-order valence-electron chi connectivity index (χ2n) is 9.36. The summed E-state index contributed by atoms with van der Waals surface area (Å²) in [5.41, 5.74) is 9.66. The Labute approximate surface area is 195 Å². The molecular weight excluding hydrogens is 425 g/mol. The van der Waals surface area contributed by atoms with Crippen LogP contribution >= 0.6 is 0 Å². The van der Waals surface area contributed by atoms with Crippen LogP contribution in [0.15, 0.2) is 48.7 Å². The van der Waals surface area contributed by atoms with Gasteiger partial charge in [-0.1, -0.05) is 64.8 Å². The van der Waals surface area contributed by atoms with Crippen LogP contribution in [0.25, 0.3) is 11.4 Å². The summed E-state index contributed by atoms with van der Waals surface area (Å²) in [5.74, 6) is 0. The van der Waals surface area contributed by atoms with Gasteiger partial charge in [-0.2, -0.15) is 13.2 Å². The lowest BCUT2D eigenvalue weighted by molar-refractivity contribution is -0.673. The monoisotopic (exact) mass is 460 g/mol. The summed E-state index contributed by atoms with van der Waals surface area (Å²) < 4.78 is 40.0. The van der Waals surface area contributed by atoms with Crippen molar-refractivity contribution in [2.45, 2.75) is 65.0 Å². The van der Waals surface area contributed by atoms with Crippen LogP contribution in [-0.4, -0.2) is 18.4 Å². The lowest BCUT2D eigenvalue weighted by atomic mass is 9.87. The SMILES string of the molecule is CCCCCCN(c1ccc(C(C)(C)C)cc1)c1cc[n+](C)c(/C([NH-])=C/C(=N)C(F)(F)F)c1. The molecule has 0 unspecified atom stereocenters. The van der Waals surface area contributed by atoms with Crippen LogP contribution in [0.4, 0.5) is 24.5 Å². The zero-order valence-corrected chi connectivity index (χ0v) is 20.2. The Hall–Kier alpha value is -2.83. The van der Waals surface area contributed by atoms with Gasteiger partial charge in [-0.15, -0.1) is 0 Å². The van der Waals surface area contributed by atoms with Gasteiger partial charge in [-0.3, -0.25) is 5.41 Å². The van der Waals surface area contributed by atoms with Crippen LogP contribution in [0.3, 0.4) is 0 Å². The Kier molecular flexibility index (Phi) is 8.69. The van der Waals surface area contributed by atoms with Crippen LogP contribution in [0.2, 0.25) is 0 Å². The number of pyridine rings is 1. The van der Waals surface area contributed by atoms with Gasteiger partial charge in [0, 0.05) is 24.4 Å². The average Bonchev–Trinajstić information content (AvgIpc) is 2.73. The van der Waals surface area contributed by atoms with Gasteiger partial charge in [0.1, 0.15) is 12.8 Å². The number of benzene rings is 1. The molecular formula is C26H35F3N4. The summed E-state index contributed by atoms with van der Waals surface area (Å²) in [6.45, 7) is 9.41. The van der Waals surface area contributed by atoms with Crippen molar-refractivity contribution in [1.82, 2.24) is 0 Å². The number of nitrogens with one attached hydrogen (secondary N) is 2. The van der Waals surface area contributed by atoms with Crippen LogP contribution in [0.5, 0.6) is 0 Å². The molecule has 0 atom stereocenters. The number of nitrogens with zero attached hydrogens (tertiary/aromatic N) is 2. The highest BCUT2D eigenvalue weighted by Gasteiger charge is 2.32. The third-order valence-corrected chi connectivity index (χ3v) is 5.60. The lowest BCUT2D eigenvalue weighted by Gasteiger charge is -2.27. The number of hydrogen-bond acceptors (Lipinski definition) is 2. The molecule has 0 aliphatic rings. The molecule has 2 rings (SSSR count). The Bertz CT molecular complexity index is 971. The van der Waals surface area contributed by atoms with E-state index in [9.17, 15) is 13.2 Å². The summed E-state index contributed by atoms with van der Waals surface area (Å²) in [7, 11) is 1.68. The van der Waals surface area contributed by atoms with Gasteiger partial charge in [-0.25, -0.2) is 4.57 Å². The van der Waals surface area contributed by atoms with Crippen LogP contribution < -0.4 is 9.47 Å². The molecule has 0 aliphatic carbocycles. The van der Waals surface area contributed by atoms with Crippen molar-refractivity contribution in [2.24, 2.45) is 7.05 Å². The summed E-state index contributed by atoms with van der Waals surface area (Å²) in [4.78, 5) is 2.15. The minimum absolute atomic E-state index is 0.0337. The molecule has 1 aromatic heterocycles. The quantitative estimate of drug-likeness (QED) is 0.235. The zero-order valence-electron chi connectivity index (χ0n) is 20.2. The Morgan fingerprint density at radius 2 is 1.67 bits per heavy atom. The number of aromatic nitrogens is 1. The highest BCUT2D eigenvalue weighted by atomic mass is 19.4. The standard InChI is InChI=1S/C26H35F3N4/c1-6-7-8-9-15-33(20-12-10-19(11-13-20)25(2,3)4)21-14-16-32(5)23(17-21)22(30)18-24(31)26(27,28)29/h10-14,16-18,30-31H,6-9,15H2,1-5H3/b22-18-,31-24?. The molecule has 1 aromatic carbocycles. The van der Waals surface area contributed by atoms with Crippen molar-refractivity contribution < 1.29 is 17.7 Å². The van der Waals surface area contributed by atoms with Gasteiger partial charge in [0.15, 0.2) is 11.9 Å². The zero-order chi connectivity index (χ0) is 24.8. The molecule has 180 valence electrons. The minimum atomic E-state index is -4.78. The molecule has 0 bridgehead atoms. The molecule has 4 nitrogen and oxygen atoms in total. The van der Waals surface area contributed by atoms with E-state index in [2.05, 4.69) is 56.9 Å². The lowest BCUT2D eigenvalue weighted by Crippen LogP contribution is -2.33. The highest BCUT2D eigenvalue weighted by Crippen LogP contribution is 2.31. The molecule has 0 aliphatic heterocycles. The van der Waals surface area contributed by atoms with Gasteiger partial charge in [0.2, 0.25) is 0 Å². The normalized spacial score (nSPS) is 12.7. The molecule has 0 saturated carbocycles. The molecule has 0 saturated heterocycles. The second kappa shape index (κ2) is 10.9. The van der Waals surface area contributed by atoms with Crippen LogP contribution in [0.1, 0.15) is 64.6 Å². The van der Waals surface area contributed by atoms with Gasteiger partial charge in [0.05, 0.1) is 5.69 Å². The molecule has 0 amide bonds. The highest BCUT2D eigenvalue weighted by molar-refractivity contribution is 6.02. The van der Waals surface area contributed by atoms with Crippen molar-refractivity contribution in [2.75, 3.05) is 11.4 Å². The van der Waals surface area contributed by atoms with E-state index in [0.717, 1.165) is 43.6 Å². The molecule has 0 radical (unpaired) electrons. The first-order valence-corrected chi connectivity index (χ1v) is 11.3. The maximum atomic E-state index is 12.8. The summed E-state index contributed by atoms with van der Waals surface area (Å²) in [5, 5.41) is 7.22. The van der Waals surface area contributed by atoms with Gasteiger partial charge in [0.25, 0.3) is 0 Å². The number of anilines is 2. The maximum Gasteiger partial charge on any atom is 0.432 e. The Balaban J connectivity index is 2.45. The van der Waals surface area contributed by atoms with E-state index in [0.29, 0.717) is 11.8 Å². The van der Waals surface area contributed by atoms with E-state index in [1.807, 2.05) is 6.07 Å². The topological polar surface area (TPSA) is 54.8 Å². The van der Waals surface area contributed by atoms with E-state index in [1.54, 1.807) is 23.9 Å². The summed E-state index contributed by atoms with van der Waals surface area (Å²) >= 11 is 0. The van der Waals surface area contributed by atoms with E-state index in [1.165, 1.54) is 5.56 Å². The molecule has 33 heavy (non-hydrogen) atoms. The van der Waals surface area contributed by atoms with Gasteiger partial charge >= 0.3 is 6.18 Å². The number of aryl methyl sites for hydroxylation is 1. The number of rotatable bonds is 9. The fraction of sp³-hybridized carbons (Fsp3) is 0.462. The van der Waals surface area contributed by atoms with E-state index in [4.69, 9.17) is 11.1 Å². The van der Waals surface area contributed by atoms with Crippen molar-refractivity contribution in [3.63, 3.8) is 0 Å². The predicted octanol–water partition coefficient (Wildman–Crippen LogP) is 7.50. The second-order valence-corrected chi connectivity index (χ2v) is 9.36. The predicted molar refractivity (Wildman–Crippen MR) is 130 cm³/mol. The van der Waals surface area contributed by atoms with E-state index in [-0.39, 0.29) is 11.1 Å². The first kappa shape index (κ1) is 26.4. The van der Waals surface area contributed by atoms with Crippen molar-refractivity contribution in [3.05, 3.63) is 65.7 Å². The van der Waals surface area contributed by atoms with Gasteiger partial charge < -0.3 is 10.6 Å². The van der Waals surface area contributed by atoms with E-state index < -0.39 is 11.9 Å². The largest absolute Gasteiger partial charge is 0.693 e. The van der Waals surface area contributed by atoms with Crippen molar-refractivity contribution in [3.8, 4) is 0 Å². The molecule has 0 spiro atoms. The average molecular weight is 461 g/mol. The van der Waals surface area contributed by atoms with Crippen LogP contribution in [0, 0.1) is 5.41 Å². The minimum Gasteiger partial charge on any atom is -0.693 e. The first-order valence-electron chi connectivity index (χ1n) is 11.3. The fourth-order valence-electron chi connectivity index (χ4n) is 3.54. The molecule has 2 N–H and O–H groups in total. The third kappa shape index (κ3) is 7.34. The van der Waals surface area contributed by atoms with Crippen LogP contribution in [-0.2, 0) is 12.5 Å². The van der Waals surface area contributed by atoms with E-state index >= 15 is 0 Å². The van der Waals surface area contributed by atoms with Crippen molar-refractivity contribution in [1.29, 1.82) is 5.41 Å². The Morgan fingerprint density at radius 1 is 1.03 bits per heavy atom. The van der Waals surface area contributed by atoms with Gasteiger partial charge in [-0.05, 0) is 35.6 Å². The molecule has 0 fully saturated rings. The summed E-state index contributed by atoms with van der Waals surface area (Å²) in [6.07, 6.45) is 1.87. The number of allylic oxidation sites excluding steroid dienone is 1. The summed E-state index contributed by atoms with van der Waals surface area (Å²) in [6, 6.07) is 12.0. The molecule has 2 aromatic rings. The maximum absolute atomic E-state index is 12.8. The number of halogens is 3. The number of unbranched alkanes of at least 4 members (excludes halogenated alkanes) is 3. The third-order valence-electron chi connectivity index (χ3n) is 5.60. The molecule has 1 heterocycles. The fourth-order valence-corrected chi connectivity index (χ4v) is 3.54. The Morgan fingerprint density at radius 3 is 2.21 bits per heavy atom.